The molecule has 5 heteroatoms. The van der Waals surface area contributed by atoms with Gasteiger partial charge in [0.05, 0.1) is 0 Å². The second-order valence-corrected chi connectivity index (χ2v) is 3.56. The van der Waals surface area contributed by atoms with Gasteiger partial charge < -0.3 is 15.6 Å². The number of hydrogen-bond acceptors (Lipinski definition) is 3. The quantitative estimate of drug-likeness (QED) is 0.544. The van der Waals surface area contributed by atoms with E-state index in [0.717, 1.165) is 0 Å². The second kappa shape index (κ2) is 5.00. The average Bonchev–Trinajstić information content (AvgIpc) is 2.16. The minimum atomic E-state index is -0.900. The van der Waals surface area contributed by atoms with E-state index in [9.17, 15) is 5.11 Å². The zero-order chi connectivity index (χ0) is 11.4. The van der Waals surface area contributed by atoms with E-state index in [1.54, 1.807) is 31.2 Å². The summed E-state index contributed by atoms with van der Waals surface area (Å²) in [5, 5.41) is 17.3. The Labute approximate surface area is 93.1 Å². The lowest BCUT2D eigenvalue weighted by Crippen LogP contribution is -2.26. The maximum absolute atomic E-state index is 9.86. The molecule has 0 aliphatic rings. The number of halogens is 1. The van der Waals surface area contributed by atoms with Gasteiger partial charge in [-0.25, -0.2) is 0 Å². The Balaban J connectivity index is 2.80. The molecule has 15 heavy (non-hydrogen) atoms. The van der Waals surface area contributed by atoms with Crippen molar-refractivity contribution in [3.63, 3.8) is 0 Å². The van der Waals surface area contributed by atoms with Gasteiger partial charge in [0, 0.05) is 10.6 Å². The fraction of sp³-hybridized carbons (Fsp3) is 0.300. The SMILES string of the molecule is C[C@H](OC(=N)N)C(O)c1ccccc1Cl. The van der Waals surface area contributed by atoms with E-state index in [1.807, 2.05) is 0 Å². The topological polar surface area (TPSA) is 79.3 Å². The van der Waals surface area contributed by atoms with Crippen LogP contribution in [0.25, 0.3) is 0 Å². The minimum absolute atomic E-state index is 0.423. The molecule has 0 spiro atoms. The highest BCUT2D eigenvalue weighted by molar-refractivity contribution is 6.31. The highest BCUT2D eigenvalue weighted by Gasteiger charge is 2.20. The van der Waals surface area contributed by atoms with Crippen LogP contribution in [0.5, 0.6) is 0 Å². The zero-order valence-corrected chi connectivity index (χ0v) is 9.03. The number of aliphatic hydroxyl groups is 1. The molecular weight excluding hydrogens is 216 g/mol. The Kier molecular flexibility index (Phi) is 3.94. The van der Waals surface area contributed by atoms with Gasteiger partial charge in [0.2, 0.25) is 0 Å². The van der Waals surface area contributed by atoms with Crippen LogP contribution in [-0.2, 0) is 4.74 Å². The van der Waals surface area contributed by atoms with Crippen LogP contribution in [0.2, 0.25) is 5.02 Å². The summed E-state index contributed by atoms with van der Waals surface area (Å²) in [5.41, 5.74) is 5.63. The molecule has 2 atom stereocenters. The third kappa shape index (κ3) is 3.11. The van der Waals surface area contributed by atoms with Gasteiger partial charge in [-0.3, -0.25) is 5.41 Å². The van der Waals surface area contributed by atoms with Gasteiger partial charge in [-0.1, -0.05) is 29.8 Å². The fourth-order valence-electron chi connectivity index (χ4n) is 1.23. The molecule has 1 aromatic carbocycles. The highest BCUT2D eigenvalue weighted by Crippen LogP contribution is 2.25. The molecule has 4 N–H and O–H groups in total. The number of aliphatic hydroxyl groups excluding tert-OH is 1. The first-order valence-corrected chi connectivity index (χ1v) is 4.83. The van der Waals surface area contributed by atoms with E-state index in [4.69, 9.17) is 27.5 Å². The van der Waals surface area contributed by atoms with Crippen LogP contribution in [-0.4, -0.2) is 17.2 Å². The van der Waals surface area contributed by atoms with Gasteiger partial charge in [0.25, 0.3) is 6.02 Å². The average molecular weight is 229 g/mol. The first kappa shape index (κ1) is 11.8. The maximum atomic E-state index is 9.86. The molecule has 0 bridgehead atoms. The molecular formula is C10H13ClN2O2. The summed E-state index contributed by atoms with van der Waals surface area (Å²) in [5.74, 6) is 0. The van der Waals surface area contributed by atoms with Crippen LogP contribution in [0.4, 0.5) is 0 Å². The van der Waals surface area contributed by atoms with Gasteiger partial charge in [-0.2, -0.15) is 0 Å². The number of nitrogens with two attached hydrogens (primary N) is 1. The van der Waals surface area contributed by atoms with Gasteiger partial charge in [-0.05, 0) is 13.0 Å². The van der Waals surface area contributed by atoms with Crippen LogP contribution in [0.15, 0.2) is 24.3 Å². The molecule has 1 rings (SSSR count). The van der Waals surface area contributed by atoms with E-state index in [-0.39, 0.29) is 0 Å². The molecule has 82 valence electrons. The summed E-state index contributed by atoms with van der Waals surface area (Å²) in [6, 6.07) is 6.50. The molecule has 1 aromatic rings. The number of rotatable bonds is 3. The summed E-state index contributed by atoms with van der Waals surface area (Å²) < 4.78 is 4.87. The van der Waals surface area contributed by atoms with Crippen molar-refractivity contribution >= 4 is 17.6 Å². The Morgan fingerprint density at radius 3 is 2.67 bits per heavy atom. The predicted octanol–water partition coefficient (Wildman–Crippen LogP) is 1.67. The lowest BCUT2D eigenvalue weighted by molar-refractivity contribution is 0.0375. The molecule has 0 saturated carbocycles. The standard InChI is InChI=1S/C10H13ClN2O2/c1-6(15-10(12)13)9(14)7-4-2-3-5-8(7)11/h2-6,9,14H,1H3,(H3,12,13)/t6-,9?/m0/s1. The zero-order valence-electron chi connectivity index (χ0n) is 8.27. The Morgan fingerprint density at radius 1 is 1.53 bits per heavy atom. The summed E-state index contributed by atoms with van der Waals surface area (Å²) in [7, 11) is 0. The highest BCUT2D eigenvalue weighted by atomic mass is 35.5. The lowest BCUT2D eigenvalue weighted by Gasteiger charge is -2.20. The molecule has 0 aliphatic carbocycles. The minimum Gasteiger partial charge on any atom is -0.459 e. The van der Waals surface area contributed by atoms with Gasteiger partial charge in [0.15, 0.2) is 0 Å². The smallest absolute Gasteiger partial charge is 0.279 e. The van der Waals surface area contributed by atoms with E-state index >= 15 is 0 Å². The number of nitrogens with one attached hydrogen (secondary N) is 1. The lowest BCUT2D eigenvalue weighted by atomic mass is 10.1. The van der Waals surface area contributed by atoms with Crippen molar-refractivity contribution in [1.82, 2.24) is 0 Å². The van der Waals surface area contributed by atoms with E-state index < -0.39 is 18.2 Å². The Morgan fingerprint density at radius 2 is 2.13 bits per heavy atom. The summed E-state index contributed by atoms with van der Waals surface area (Å²) in [4.78, 5) is 0. The fourth-order valence-corrected chi connectivity index (χ4v) is 1.48. The van der Waals surface area contributed by atoms with Crippen LogP contribution in [0.3, 0.4) is 0 Å². The predicted molar refractivity (Wildman–Crippen MR) is 58.9 cm³/mol. The van der Waals surface area contributed by atoms with E-state index in [1.165, 1.54) is 0 Å². The number of hydrogen-bond donors (Lipinski definition) is 3. The molecule has 1 unspecified atom stereocenters. The monoisotopic (exact) mass is 228 g/mol. The van der Waals surface area contributed by atoms with Gasteiger partial charge in [0.1, 0.15) is 12.2 Å². The summed E-state index contributed by atoms with van der Waals surface area (Å²) in [6.07, 6.45) is -1.51. The molecule has 0 fully saturated rings. The third-order valence-corrected chi connectivity index (χ3v) is 2.33. The first-order chi connectivity index (χ1) is 7.02. The van der Waals surface area contributed by atoms with Crippen LogP contribution in [0, 0.1) is 5.41 Å². The molecule has 0 aliphatic heterocycles. The van der Waals surface area contributed by atoms with Crippen molar-refractivity contribution in [3.05, 3.63) is 34.9 Å². The van der Waals surface area contributed by atoms with Crippen LogP contribution < -0.4 is 5.73 Å². The van der Waals surface area contributed by atoms with Gasteiger partial charge >= 0.3 is 0 Å². The van der Waals surface area contributed by atoms with Crippen LogP contribution >= 0.6 is 11.6 Å². The summed E-state index contributed by atoms with van der Waals surface area (Å²) >= 11 is 5.90. The molecule has 0 aromatic heterocycles. The molecule has 0 heterocycles. The summed E-state index contributed by atoms with van der Waals surface area (Å²) in [6.45, 7) is 1.62. The van der Waals surface area contributed by atoms with Crippen LogP contribution in [0.1, 0.15) is 18.6 Å². The van der Waals surface area contributed by atoms with Crippen molar-refractivity contribution in [2.24, 2.45) is 5.73 Å². The Bertz CT molecular complexity index is 357. The molecule has 0 radical (unpaired) electrons. The molecule has 0 saturated heterocycles. The molecule has 4 nitrogen and oxygen atoms in total. The number of ether oxygens (including phenoxy) is 1. The normalized spacial score (nSPS) is 14.3. The van der Waals surface area contributed by atoms with Crippen molar-refractivity contribution in [3.8, 4) is 0 Å². The maximum Gasteiger partial charge on any atom is 0.279 e. The van der Waals surface area contributed by atoms with Crippen molar-refractivity contribution < 1.29 is 9.84 Å². The largest absolute Gasteiger partial charge is 0.459 e. The van der Waals surface area contributed by atoms with Gasteiger partial charge in [-0.15, -0.1) is 0 Å². The van der Waals surface area contributed by atoms with E-state index in [0.29, 0.717) is 10.6 Å². The Hall–Kier alpha value is -1.26. The van der Waals surface area contributed by atoms with Crippen molar-refractivity contribution in [2.45, 2.75) is 19.1 Å². The van der Waals surface area contributed by atoms with Crippen molar-refractivity contribution in [2.75, 3.05) is 0 Å². The number of benzene rings is 1. The third-order valence-electron chi connectivity index (χ3n) is 1.98. The van der Waals surface area contributed by atoms with Crippen molar-refractivity contribution in [1.29, 1.82) is 5.41 Å². The van der Waals surface area contributed by atoms with E-state index in [2.05, 4.69) is 0 Å². The number of amidine groups is 1. The first-order valence-electron chi connectivity index (χ1n) is 4.45. The second-order valence-electron chi connectivity index (χ2n) is 3.15. The molecule has 0 amide bonds.